The molecule has 6 atom stereocenters. The van der Waals surface area contributed by atoms with Crippen LogP contribution in [0.1, 0.15) is 26.7 Å². The summed E-state index contributed by atoms with van der Waals surface area (Å²) in [5.74, 6) is 1.24. The molecule has 0 unspecified atom stereocenters. The fraction of sp³-hybridized carbons (Fsp3) is 0.714. The third-order valence-electron chi connectivity index (χ3n) is 4.86. The molecule has 0 spiro atoms. The number of carbonyl (C=O) groups is 2. The van der Waals surface area contributed by atoms with E-state index < -0.39 is 0 Å². The molecule has 2 fully saturated rings. The molecule has 1 heterocycles. The lowest BCUT2D eigenvalue weighted by Gasteiger charge is -2.21. The van der Waals surface area contributed by atoms with Crippen molar-refractivity contribution in [3.05, 3.63) is 12.2 Å². The summed E-state index contributed by atoms with van der Waals surface area (Å²) in [7, 11) is 0. The first-order chi connectivity index (χ1) is 8.08. The zero-order valence-corrected chi connectivity index (χ0v) is 10.3. The van der Waals surface area contributed by atoms with Crippen LogP contribution in [0, 0.1) is 29.6 Å². The monoisotopic (exact) mass is 234 g/mol. The highest BCUT2D eigenvalue weighted by Crippen LogP contribution is 2.46. The van der Waals surface area contributed by atoms with Crippen molar-refractivity contribution in [2.75, 3.05) is 0 Å². The molecular weight excluding hydrogens is 216 g/mol. The Morgan fingerprint density at radius 2 is 2.00 bits per heavy atom. The zero-order valence-electron chi connectivity index (χ0n) is 10.3. The van der Waals surface area contributed by atoms with Gasteiger partial charge in [-0.25, -0.2) is 0 Å². The second-order valence-electron chi connectivity index (χ2n) is 5.82. The Morgan fingerprint density at radius 1 is 1.24 bits per heavy atom. The van der Waals surface area contributed by atoms with Crippen LogP contribution in [-0.2, 0) is 14.3 Å². The standard InChI is InChI=1S/C14H18O3/c1-7-5-13-10(8(2)14(16)17-13)6-11-9(7)3-4-12(11)15/h3-4,7-11,13H,5-6H2,1-2H3/t7-,8+,9-,10+,11+,13-/m1/s1. The minimum atomic E-state index is -0.0796. The van der Waals surface area contributed by atoms with Crippen LogP contribution in [0.5, 0.6) is 0 Å². The Hall–Kier alpha value is -1.12. The normalized spacial score (nSPS) is 48.6. The van der Waals surface area contributed by atoms with E-state index in [4.69, 9.17) is 4.74 Å². The molecule has 0 radical (unpaired) electrons. The summed E-state index contributed by atoms with van der Waals surface area (Å²) >= 11 is 0. The molecule has 1 aliphatic heterocycles. The molecular formula is C14H18O3. The minimum Gasteiger partial charge on any atom is -0.462 e. The SMILES string of the molecule is C[C@@H]1C[C@H]2OC(=O)[C@@H](C)[C@@H]2C[C@@H]2C(=O)C=C[C@H]12. The Balaban J connectivity index is 1.90. The average molecular weight is 234 g/mol. The molecule has 0 bridgehead atoms. The van der Waals surface area contributed by atoms with Crippen molar-refractivity contribution in [3.8, 4) is 0 Å². The maximum Gasteiger partial charge on any atom is 0.309 e. The number of ketones is 1. The van der Waals surface area contributed by atoms with Gasteiger partial charge in [0.1, 0.15) is 6.10 Å². The topological polar surface area (TPSA) is 43.4 Å². The van der Waals surface area contributed by atoms with Crippen LogP contribution >= 0.6 is 0 Å². The molecule has 0 N–H and O–H groups in total. The van der Waals surface area contributed by atoms with Gasteiger partial charge in [-0.1, -0.05) is 19.9 Å². The van der Waals surface area contributed by atoms with E-state index in [0.29, 0.717) is 11.8 Å². The highest BCUT2D eigenvalue weighted by molar-refractivity contribution is 5.94. The molecule has 0 amide bonds. The van der Waals surface area contributed by atoms with Crippen molar-refractivity contribution in [2.24, 2.45) is 29.6 Å². The van der Waals surface area contributed by atoms with Gasteiger partial charge in [0.15, 0.2) is 5.78 Å². The van der Waals surface area contributed by atoms with Gasteiger partial charge < -0.3 is 4.74 Å². The Labute approximate surface area is 101 Å². The molecule has 92 valence electrons. The highest BCUT2D eigenvalue weighted by Gasteiger charge is 2.49. The van der Waals surface area contributed by atoms with E-state index in [-0.39, 0.29) is 35.6 Å². The first-order valence-electron chi connectivity index (χ1n) is 6.50. The number of allylic oxidation sites excluding steroid dienone is 2. The molecule has 3 rings (SSSR count). The number of hydrogen-bond acceptors (Lipinski definition) is 3. The number of hydrogen-bond donors (Lipinski definition) is 0. The van der Waals surface area contributed by atoms with Crippen LogP contribution in [0.2, 0.25) is 0 Å². The van der Waals surface area contributed by atoms with Crippen LogP contribution in [0.15, 0.2) is 12.2 Å². The number of esters is 1. The van der Waals surface area contributed by atoms with Crippen LogP contribution < -0.4 is 0 Å². The largest absolute Gasteiger partial charge is 0.462 e. The molecule has 3 aliphatic rings. The van der Waals surface area contributed by atoms with Crippen molar-refractivity contribution in [1.82, 2.24) is 0 Å². The summed E-state index contributed by atoms with van der Waals surface area (Å²) in [6.45, 7) is 4.10. The molecule has 0 aromatic heterocycles. The fourth-order valence-electron chi connectivity index (χ4n) is 3.75. The van der Waals surface area contributed by atoms with Gasteiger partial charge in [-0.3, -0.25) is 9.59 Å². The quantitative estimate of drug-likeness (QED) is 0.602. The molecule has 2 aliphatic carbocycles. The summed E-state index contributed by atoms with van der Waals surface area (Å²) in [5, 5.41) is 0. The average Bonchev–Trinajstić information content (AvgIpc) is 2.71. The van der Waals surface area contributed by atoms with Gasteiger partial charge in [0, 0.05) is 11.8 Å². The summed E-state index contributed by atoms with van der Waals surface area (Å²) in [6.07, 6.45) is 5.55. The molecule has 0 aromatic rings. The lowest BCUT2D eigenvalue weighted by atomic mass is 9.81. The van der Waals surface area contributed by atoms with E-state index in [1.54, 1.807) is 6.08 Å². The second kappa shape index (κ2) is 3.69. The molecule has 0 aromatic carbocycles. The number of rotatable bonds is 0. The van der Waals surface area contributed by atoms with Crippen LogP contribution in [0.3, 0.4) is 0 Å². The van der Waals surface area contributed by atoms with Crippen LogP contribution in [-0.4, -0.2) is 17.9 Å². The number of fused-ring (bicyclic) bond motifs is 2. The maximum absolute atomic E-state index is 11.9. The Morgan fingerprint density at radius 3 is 2.76 bits per heavy atom. The van der Waals surface area contributed by atoms with Gasteiger partial charge in [0.05, 0.1) is 5.92 Å². The van der Waals surface area contributed by atoms with E-state index in [1.807, 2.05) is 6.92 Å². The third-order valence-corrected chi connectivity index (χ3v) is 4.86. The molecule has 3 nitrogen and oxygen atoms in total. The Bertz CT molecular complexity index is 398. The molecule has 17 heavy (non-hydrogen) atoms. The van der Waals surface area contributed by atoms with E-state index in [2.05, 4.69) is 13.0 Å². The summed E-state index contributed by atoms with van der Waals surface area (Å²) in [4.78, 5) is 23.5. The van der Waals surface area contributed by atoms with Gasteiger partial charge in [-0.15, -0.1) is 0 Å². The predicted molar refractivity (Wildman–Crippen MR) is 62.1 cm³/mol. The smallest absolute Gasteiger partial charge is 0.309 e. The second-order valence-corrected chi connectivity index (χ2v) is 5.82. The molecule has 1 saturated heterocycles. The molecule has 3 heteroatoms. The lowest BCUT2D eigenvalue weighted by molar-refractivity contribution is -0.144. The number of ether oxygens (including phenoxy) is 1. The number of carbonyl (C=O) groups excluding carboxylic acids is 2. The van der Waals surface area contributed by atoms with Gasteiger partial charge in [0.2, 0.25) is 0 Å². The van der Waals surface area contributed by atoms with Gasteiger partial charge >= 0.3 is 5.97 Å². The maximum atomic E-state index is 11.9. The highest BCUT2D eigenvalue weighted by atomic mass is 16.6. The zero-order chi connectivity index (χ0) is 12.2. The van der Waals surface area contributed by atoms with Crippen molar-refractivity contribution >= 4 is 11.8 Å². The van der Waals surface area contributed by atoms with E-state index >= 15 is 0 Å². The minimum absolute atomic E-state index is 0.0410. The lowest BCUT2D eigenvalue weighted by Crippen LogP contribution is -2.23. The van der Waals surface area contributed by atoms with Crippen molar-refractivity contribution in [3.63, 3.8) is 0 Å². The predicted octanol–water partition coefficient (Wildman–Crippen LogP) is 1.97. The van der Waals surface area contributed by atoms with Gasteiger partial charge in [0.25, 0.3) is 0 Å². The first kappa shape index (κ1) is 11.0. The fourth-order valence-corrected chi connectivity index (χ4v) is 3.75. The Kier molecular flexibility index (Phi) is 2.39. The van der Waals surface area contributed by atoms with Crippen molar-refractivity contribution in [2.45, 2.75) is 32.8 Å². The van der Waals surface area contributed by atoms with E-state index in [9.17, 15) is 9.59 Å². The summed E-state index contributed by atoms with van der Waals surface area (Å²) in [6, 6.07) is 0. The van der Waals surface area contributed by atoms with Gasteiger partial charge in [-0.2, -0.15) is 0 Å². The summed E-state index contributed by atoms with van der Waals surface area (Å²) in [5.41, 5.74) is 0. The van der Waals surface area contributed by atoms with Crippen molar-refractivity contribution in [1.29, 1.82) is 0 Å². The third kappa shape index (κ3) is 1.55. The van der Waals surface area contributed by atoms with E-state index in [0.717, 1.165) is 12.8 Å². The van der Waals surface area contributed by atoms with Crippen molar-refractivity contribution < 1.29 is 14.3 Å². The van der Waals surface area contributed by atoms with Gasteiger partial charge in [-0.05, 0) is 30.8 Å². The molecule has 1 saturated carbocycles. The van der Waals surface area contributed by atoms with Crippen LogP contribution in [0.25, 0.3) is 0 Å². The summed E-state index contributed by atoms with van der Waals surface area (Å²) < 4.78 is 5.45. The first-order valence-corrected chi connectivity index (χ1v) is 6.50. The van der Waals surface area contributed by atoms with Crippen LogP contribution in [0.4, 0.5) is 0 Å². The van der Waals surface area contributed by atoms with E-state index in [1.165, 1.54) is 0 Å².